The zero-order valence-electron chi connectivity index (χ0n) is 16.0. The van der Waals surface area contributed by atoms with Crippen molar-refractivity contribution in [3.63, 3.8) is 0 Å². The summed E-state index contributed by atoms with van der Waals surface area (Å²) >= 11 is 0. The molecule has 4 aliphatic heterocycles. The number of nitrogens with zero attached hydrogens (tertiary/aromatic N) is 3. The molecule has 3 saturated heterocycles. The molecule has 1 aromatic rings. The van der Waals surface area contributed by atoms with Crippen LogP contribution in [0.4, 0.5) is 0 Å². The van der Waals surface area contributed by atoms with E-state index in [-0.39, 0.29) is 5.54 Å². The van der Waals surface area contributed by atoms with Gasteiger partial charge >= 0.3 is 0 Å². The van der Waals surface area contributed by atoms with Crippen molar-refractivity contribution < 1.29 is 14.1 Å². The second kappa shape index (κ2) is 7.18. The Hall–Kier alpha value is -1.44. The van der Waals surface area contributed by atoms with E-state index in [0.717, 1.165) is 82.6 Å². The van der Waals surface area contributed by atoms with E-state index in [0.29, 0.717) is 24.5 Å². The minimum Gasteiger partial charge on any atom is -0.381 e. The predicted molar refractivity (Wildman–Crippen MR) is 99.2 cm³/mol. The number of hydrogen-bond donors (Lipinski definition) is 1. The van der Waals surface area contributed by atoms with Gasteiger partial charge in [0.05, 0.1) is 12.2 Å². The summed E-state index contributed by atoms with van der Waals surface area (Å²) in [4.78, 5) is 18.2. The van der Waals surface area contributed by atoms with E-state index in [9.17, 15) is 4.79 Å². The third-order valence-corrected chi connectivity index (χ3v) is 6.98. The summed E-state index contributed by atoms with van der Waals surface area (Å²) in [5.74, 6) is 0.324. The second-order valence-electron chi connectivity index (χ2n) is 8.65. The first-order valence-electron chi connectivity index (χ1n) is 10.5. The topological polar surface area (TPSA) is 70.8 Å². The van der Waals surface area contributed by atoms with Crippen LogP contribution in [0.5, 0.6) is 0 Å². The van der Waals surface area contributed by atoms with E-state index in [1.807, 2.05) is 0 Å². The number of carbonyl (C=O) groups excluding carboxylic acids is 1. The van der Waals surface area contributed by atoms with Crippen molar-refractivity contribution in [3.05, 3.63) is 17.5 Å². The van der Waals surface area contributed by atoms with Crippen molar-refractivity contribution in [3.8, 4) is 0 Å². The van der Waals surface area contributed by atoms with Crippen LogP contribution in [-0.4, -0.2) is 71.3 Å². The maximum Gasteiger partial charge on any atom is 0.243 e. The highest BCUT2D eigenvalue weighted by atomic mass is 16.5. The van der Waals surface area contributed by atoms with Crippen LogP contribution >= 0.6 is 0 Å². The average Bonchev–Trinajstić information content (AvgIpc) is 3.32. The number of aromatic nitrogens is 1. The van der Waals surface area contributed by atoms with E-state index in [4.69, 9.17) is 9.26 Å². The Kier molecular flexibility index (Phi) is 4.70. The van der Waals surface area contributed by atoms with Gasteiger partial charge in [-0.05, 0) is 45.1 Å². The highest BCUT2D eigenvalue weighted by molar-refractivity contribution is 5.87. The van der Waals surface area contributed by atoms with Crippen LogP contribution in [0.15, 0.2) is 10.8 Å². The zero-order chi connectivity index (χ0) is 18.3. The Morgan fingerprint density at radius 2 is 2.11 bits per heavy atom. The molecule has 7 heteroatoms. The number of ether oxygens (including phenoxy) is 1. The van der Waals surface area contributed by atoms with Crippen LogP contribution in [0.25, 0.3) is 0 Å². The summed E-state index contributed by atoms with van der Waals surface area (Å²) in [5, 5.41) is 7.91. The van der Waals surface area contributed by atoms with Crippen LogP contribution in [0, 0.1) is 0 Å². The van der Waals surface area contributed by atoms with Crippen LogP contribution < -0.4 is 5.32 Å². The van der Waals surface area contributed by atoms with Crippen molar-refractivity contribution >= 4 is 5.91 Å². The molecule has 7 nitrogen and oxygen atoms in total. The van der Waals surface area contributed by atoms with Gasteiger partial charge in [0.15, 0.2) is 0 Å². The highest BCUT2D eigenvalue weighted by Gasteiger charge is 2.53. The third-order valence-electron chi connectivity index (χ3n) is 6.98. The standard InChI is InChI=1S/C20H30N4O3/c25-19(23-8-3-18-15(12-23)14-27-22-18)20-6-1-2-7-24(20)13-17(11-20)21-16-4-9-26-10-5-16/h14,16-17,21H,1-13H2/t17-,20+/m0/s1. The van der Waals surface area contributed by atoms with Gasteiger partial charge in [-0.2, -0.15) is 0 Å². The van der Waals surface area contributed by atoms with Crippen molar-refractivity contribution in [1.82, 2.24) is 20.3 Å². The lowest BCUT2D eigenvalue weighted by molar-refractivity contribution is -0.146. The van der Waals surface area contributed by atoms with Gasteiger partial charge in [-0.1, -0.05) is 5.16 Å². The predicted octanol–water partition coefficient (Wildman–Crippen LogP) is 1.32. The van der Waals surface area contributed by atoms with Crippen molar-refractivity contribution in [1.29, 1.82) is 0 Å². The largest absolute Gasteiger partial charge is 0.381 e. The molecule has 4 aliphatic rings. The summed E-state index contributed by atoms with van der Waals surface area (Å²) in [5.41, 5.74) is 1.78. The van der Waals surface area contributed by atoms with Gasteiger partial charge in [-0.25, -0.2) is 0 Å². The Morgan fingerprint density at radius 3 is 3.00 bits per heavy atom. The number of hydrogen-bond acceptors (Lipinski definition) is 6. The molecular weight excluding hydrogens is 344 g/mol. The summed E-state index contributed by atoms with van der Waals surface area (Å²) in [6.07, 6.45) is 8.96. The van der Waals surface area contributed by atoms with Gasteiger partial charge in [0.1, 0.15) is 11.8 Å². The molecule has 1 N–H and O–H groups in total. The molecule has 0 radical (unpaired) electrons. The molecule has 0 unspecified atom stereocenters. The zero-order valence-corrected chi connectivity index (χ0v) is 16.0. The first kappa shape index (κ1) is 17.6. The molecule has 0 aliphatic carbocycles. The SMILES string of the molecule is O=C(N1CCc2nocc2C1)[C@]12CCCCN1C[C@@H](NC1CCOCC1)C2. The lowest BCUT2D eigenvalue weighted by atomic mass is 9.83. The second-order valence-corrected chi connectivity index (χ2v) is 8.65. The van der Waals surface area contributed by atoms with Crippen LogP contribution in [0.3, 0.4) is 0 Å². The van der Waals surface area contributed by atoms with Crippen LogP contribution in [0.1, 0.15) is 49.8 Å². The smallest absolute Gasteiger partial charge is 0.243 e. The lowest BCUT2D eigenvalue weighted by Gasteiger charge is -2.44. The number of nitrogens with one attached hydrogen (secondary N) is 1. The molecule has 0 bridgehead atoms. The summed E-state index contributed by atoms with van der Waals surface area (Å²) in [7, 11) is 0. The first-order chi connectivity index (χ1) is 13.2. The van der Waals surface area contributed by atoms with Gasteiger partial charge in [-0.15, -0.1) is 0 Å². The van der Waals surface area contributed by atoms with Crippen LogP contribution in [0.2, 0.25) is 0 Å². The van der Waals surface area contributed by atoms with Crippen LogP contribution in [-0.2, 0) is 22.5 Å². The van der Waals surface area contributed by atoms with Gasteiger partial charge < -0.3 is 19.5 Å². The summed E-state index contributed by atoms with van der Waals surface area (Å²) in [6, 6.07) is 0.942. The average molecular weight is 374 g/mol. The maximum atomic E-state index is 13.7. The number of amides is 1. The molecule has 27 heavy (non-hydrogen) atoms. The Bertz CT molecular complexity index is 687. The third kappa shape index (κ3) is 3.19. The molecular formula is C20H30N4O3. The van der Waals surface area contributed by atoms with Crippen molar-refractivity contribution in [2.24, 2.45) is 0 Å². The normalized spacial score (nSPS) is 32.3. The Morgan fingerprint density at radius 1 is 1.22 bits per heavy atom. The quantitative estimate of drug-likeness (QED) is 0.861. The lowest BCUT2D eigenvalue weighted by Crippen LogP contribution is -2.59. The minimum absolute atomic E-state index is 0.310. The Labute approximate surface area is 160 Å². The number of fused-ring (bicyclic) bond motifs is 2. The minimum atomic E-state index is -0.310. The highest BCUT2D eigenvalue weighted by Crippen LogP contribution is 2.40. The van der Waals surface area contributed by atoms with Gasteiger partial charge in [0, 0.05) is 50.4 Å². The monoisotopic (exact) mass is 374 g/mol. The molecule has 0 saturated carbocycles. The molecule has 5 rings (SSSR count). The fraction of sp³-hybridized carbons (Fsp3) is 0.800. The van der Waals surface area contributed by atoms with E-state index in [1.165, 1.54) is 6.42 Å². The van der Waals surface area contributed by atoms with E-state index < -0.39 is 0 Å². The van der Waals surface area contributed by atoms with E-state index >= 15 is 0 Å². The van der Waals surface area contributed by atoms with Crippen molar-refractivity contribution in [2.45, 2.75) is 69.1 Å². The van der Waals surface area contributed by atoms with E-state index in [1.54, 1.807) is 6.26 Å². The fourth-order valence-electron chi connectivity index (χ4n) is 5.57. The molecule has 2 atom stereocenters. The molecule has 0 aromatic carbocycles. The fourth-order valence-corrected chi connectivity index (χ4v) is 5.57. The van der Waals surface area contributed by atoms with Gasteiger partial charge in [0.25, 0.3) is 0 Å². The van der Waals surface area contributed by atoms with Gasteiger partial charge in [-0.3, -0.25) is 9.69 Å². The molecule has 5 heterocycles. The molecule has 0 spiro atoms. The molecule has 3 fully saturated rings. The Balaban J connectivity index is 1.32. The molecule has 1 amide bonds. The number of rotatable bonds is 3. The summed E-state index contributed by atoms with van der Waals surface area (Å²) in [6.45, 7) is 5.15. The number of piperidine rings is 1. The van der Waals surface area contributed by atoms with Gasteiger partial charge in [0.2, 0.25) is 5.91 Å². The molecule has 1 aromatic heterocycles. The maximum absolute atomic E-state index is 13.7. The molecule has 148 valence electrons. The van der Waals surface area contributed by atoms with E-state index in [2.05, 4.69) is 20.3 Å². The summed E-state index contributed by atoms with van der Waals surface area (Å²) < 4.78 is 10.6. The number of carbonyl (C=O) groups is 1. The first-order valence-corrected chi connectivity index (χ1v) is 10.5. The van der Waals surface area contributed by atoms with Crippen molar-refractivity contribution in [2.75, 3.05) is 32.8 Å².